The van der Waals surface area contributed by atoms with Crippen LogP contribution in [0.15, 0.2) is 84.9 Å². The fourth-order valence-corrected chi connectivity index (χ4v) is 4.20. The van der Waals surface area contributed by atoms with Gasteiger partial charge in [0, 0.05) is 17.1 Å². The van der Waals surface area contributed by atoms with Gasteiger partial charge in [0.05, 0.1) is 0 Å². The van der Waals surface area contributed by atoms with E-state index in [-0.39, 0.29) is 0 Å². The van der Waals surface area contributed by atoms with E-state index in [9.17, 15) is 0 Å². The molecule has 0 saturated heterocycles. The lowest BCUT2D eigenvalue weighted by Gasteiger charge is -2.33. The van der Waals surface area contributed by atoms with Crippen LogP contribution in [-0.2, 0) is 5.41 Å². The lowest BCUT2D eigenvalue weighted by molar-refractivity contribution is 0.361. The van der Waals surface area contributed by atoms with Crippen LogP contribution in [0.3, 0.4) is 0 Å². The zero-order valence-corrected chi connectivity index (χ0v) is 16.9. The van der Waals surface area contributed by atoms with Crippen molar-refractivity contribution < 1.29 is 0 Å². The average molecular weight is 358 g/mol. The van der Waals surface area contributed by atoms with E-state index in [1.807, 2.05) is 0 Å². The molecule has 0 aliphatic carbocycles. The third-order valence-electron chi connectivity index (χ3n) is 5.85. The number of rotatable bonds is 8. The number of anilines is 3. The average Bonchev–Trinajstić information content (AvgIpc) is 2.74. The summed E-state index contributed by atoms with van der Waals surface area (Å²) in [6, 6.07) is 30.4. The number of hydrogen-bond donors (Lipinski definition) is 0. The first-order valence-electron chi connectivity index (χ1n) is 10.2. The van der Waals surface area contributed by atoms with E-state index >= 15 is 0 Å². The molecule has 0 unspecified atom stereocenters. The Kier molecular flexibility index (Phi) is 6.34. The van der Waals surface area contributed by atoms with Gasteiger partial charge >= 0.3 is 0 Å². The summed E-state index contributed by atoms with van der Waals surface area (Å²) >= 11 is 0. The molecule has 1 heteroatoms. The molecular formula is C26H31N. The molecule has 3 rings (SSSR count). The van der Waals surface area contributed by atoms with Crippen LogP contribution < -0.4 is 4.90 Å². The van der Waals surface area contributed by atoms with Gasteiger partial charge in [-0.05, 0) is 66.6 Å². The first-order chi connectivity index (χ1) is 13.2. The van der Waals surface area contributed by atoms with Gasteiger partial charge in [0.2, 0.25) is 0 Å². The SMILES string of the molecule is CCCC(CC)(CC)c1ccc(N(c2ccccc2)c2ccccc2)cc1. The van der Waals surface area contributed by atoms with Crippen molar-refractivity contribution in [2.75, 3.05) is 4.90 Å². The van der Waals surface area contributed by atoms with Gasteiger partial charge < -0.3 is 4.90 Å². The molecule has 140 valence electrons. The van der Waals surface area contributed by atoms with Gasteiger partial charge in [0.25, 0.3) is 0 Å². The molecular weight excluding hydrogens is 326 g/mol. The van der Waals surface area contributed by atoms with E-state index in [1.165, 1.54) is 48.3 Å². The minimum absolute atomic E-state index is 0.303. The van der Waals surface area contributed by atoms with E-state index < -0.39 is 0 Å². The van der Waals surface area contributed by atoms with Crippen molar-refractivity contribution in [3.05, 3.63) is 90.5 Å². The second kappa shape index (κ2) is 8.90. The predicted octanol–water partition coefficient (Wildman–Crippen LogP) is 8.01. The van der Waals surface area contributed by atoms with E-state index in [4.69, 9.17) is 0 Å². The van der Waals surface area contributed by atoms with Crippen molar-refractivity contribution in [2.45, 2.75) is 51.9 Å². The maximum atomic E-state index is 2.34. The molecule has 0 atom stereocenters. The molecule has 0 aromatic heterocycles. The smallest absolute Gasteiger partial charge is 0.0461 e. The second-order valence-electron chi connectivity index (χ2n) is 7.29. The van der Waals surface area contributed by atoms with Crippen LogP contribution >= 0.6 is 0 Å². The lowest BCUT2D eigenvalue weighted by Crippen LogP contribution is -2.24. The van der Waals surface area contributed by atoms with E-state index in [0.717, 1.165) is 0 Å². The number of hydrogen-bond acceptors (Lipinski definition) is 1. The van der Waals surface area contributed by atoms with Gasteiger partial charge in [0.15, 0.2) is 0 Å². The fourth-order valence-electron chi connectivity index (χ4n) is 4.20. The van der Waals surface area contributed by atoms with Crippen molar-refractivity contribution in [1.29, 1.82) is 0 Å². The van der Waals surface area contributed by atoms with Crippen molar-refractivity contribution >= 4 is 17.1 Å². The molecule has 3 aromatic carbocycles. The maximum Gasteiger partial charge on any atom is 0.0461 e. The maximum absolute atomic E-state index is 2.34. The van der Waals surface area contributed by atoms with Gasteiger partial charge in [-0.2, -0.15) is 0 Å². The molecule has 0 bridgehead atoms. The Morgan fingerprint density at radius 1 is 0.593 bits per heavy atom. The van der Waals surface area contributed by atoms with Crippen molar-refractivity contribution in [3.8, 4) is 0 Å². The van der Waals surface area contributed by atoms with Gasteiger partial charge in [0.1, 0.15) is 0 Å². The summed E-state index contributed by atoms with van der Waals surface area (Å²) in [6.07, 6.45) is 4.86. The Balaban J connectivity index is 2.02. The Hall–Kier alpha value is -2.54. The molecule has 3 aromatic rings. The monoisotopic (exact) mass is 357 g/mol. The van der Waals surface area contributed by atoms with Crippen LogP contribution in [0.2, 0.25) is 0 Å². The third kappa shape index (κ3) is 4.08. The van der Waals surface area contributed by atoms with E-state index in [0.29, 0.717) is 5.41 Å². The van der Waals surface area contributed by atoms with Crippen molar-refractivity contribution in [2.24, 2.45) is 0 Å². The summed E-state index contributed by atoms with van der Waals surface area (Å²) < 4.78 is 0. The summed E-state index contributed by atoms with van der Waals surface area (Å²) in [5.41, 5.74) is 5.34. The van der Waals surface area contributed by atoms with Gasteiger partial charge in [-0.25, -0.2) is 0 Å². The summed E-state index contributed by atoms with van der Waals surface area (Å²) in [7, 11) is 0. The van der Waals surface area contributed by atoms with Gasteiger partial charge in [-0.1, -0.05) is 75.7 Å². The van der Waals surface area contributed by atoms with Crippen LogP contribution in [-0.4, -0.2) is 0 Å². The molecule has 0 amide bonds. The summed E-state index contributed by atoms with van der Waals surface area (Å²) in [5.74, 6) is 0. The van der Waals surface area contributed by atoms with Crippen LogP contribution in [0.25, 0.3) is 0 Å². The lowest BCUT2D eigenvalue weighted by atomic mass is 9.72. The molecule has 0 spiro atoms. The molecule has 0 heterocycles. The van der Waals surface area contributed by atoms with Crippen LogP contribution in [0, 0.1) is 0 Å². The zero-order valence-electron chi connectivity index (χ0n) is 16.9. The topological polar surface area (TPSA) is 3.24 Å². The predicted molar refractivity (Wildman–Crippen MR) is 118 cm³/mol. The first-order valence-corrected chi connectivity index (χ1v) is 10.2. The highest BCUT2D eigenvalue weighted by atomic mass is 15.1. The van der Waals surface area contributed by atoms with Gasteiger partial charge in [-0.15, -0.1) is 0 Å². The molecule has 0 aliphatic heterocycles. The standard InChI is InChI=1S/C26H31N/c1-4-21-26(5-2,6-3)22-17-19-25(20-18-22)27(23-13-9-7-10-14-23)24-15-11-8-12-16-24/h7-20H,4-6,21H2,1-3H3. The minimum Gasteiger partial charge on any atom is -0.311 e. The molecule has 0 radical (unpaired) electrons. The number of benzene rings is 3. The first kappa shape index (κ1) is 19.2. The molecule has 0 saturated carbocycles. The second-order valence-corrected chi connectivity index (χ2v) is 7.29. The van der Waals surface area contributed by atoms with Crippen molar-refractivity contribution in [3.63, 3.8) is 0 Å². The number of para-hydroxylation sites is 2. The molecule has 1 nitrogen and oxygen atoms in total. The normalized spacial score (nSPS) is 11.4. The largest absolute Gasteiger partial charge is 0.311 e. The Labute approximate surface area is 164 Å². The van der Waals surface area contributed by atoms with Crippen LogP contribution in [0.5, 0.6) is 0 Å². The number of nitrogens with zero attached hydrogens (tertiary/aromatic N) is 1. The minimum atomic E-state index is 0.303. The molecule has 27 heavy (non-hydrogen) atoms. The van der Waals surface area contributed by atoms with E-state index in [1.54, 1.807) is 0 Å². The van der Waals surface area contributed by atoms with Crippen LogP contribution in [0.1, 0.15) is 52.0 Å². The molecule has 0 N–H and O–H groups in total. The summed E-state index contributed by atoms with van der Waals surface area (Å²) in [4.78, 5) is 2.32. The van der Waals surface area contributed by atoms with Crippen LogP contribution in [0.4, 0.5) is 17.1 Å². The summed E-state index contributed by atoms with van der Waals surface area (Å²) in [6.45, 7) is 6.95. The fraction of sp³-hybridized carbons (Fsp3) is 0.308. The van der Waals surface area contributed by atoms with E-state index in [2.05, 4.69) is 111 Å². The Morgan fingerprint density at radius 2 is 1.04 bits per heavy atom. The highest BCUT2D eigenvalue weighted by molar-refractivity contribution is 5.76. The third-order valence-corrected chi connectivity index (χ3v) is 5.85. The molecule has 0 fully saturated rings. The summed E-state index contributed by atoms with van der Waals surface area (Å²) in [5, 5.41) is 0. The quantitative estimate of drug-likeness (QED) is 0.394. The highest BCUT2D eigenvalue weighted by Gasteiger charge is 2.27. The highest BCUT2D eigenvalue weighted by Crippen LogP contribution is 2.39. The Morgan fingerprint density at radius 3 is 1.44 bits per heavy atom. The van der Waals surface area contributed by atoms with Gasteiger partial charge in [-0.3, -0.25) is 0 Å². The Bertz CT molecular complexity index is 762. The van der Waals surface area contributed by atoms with Crippen molar-refractivity contribution in [1.82, 2.24) is 0 Å². The zero-order chi connectivity index (χ0) is 19.1. The molecule has 0 aliphatic rings.